The molecule has 2 aromatic carbocycles. The van der Waals surface area contributed by atoms with Crippen molar-refractivity contribution in [1.82, 2.24) is 15.5 Å². The average Bonchev–Trinajstić information content (AvgIpc) is 2.77. The van der Waals surface area contributed by atoms with Crippen LogP contribution in [0.3, 0.4) is 0 Å². The molecule has 0 heterocycles. The molecule has 2 rings (SSSR count). The van der Waals surface area contributed by atoms with Gasteiger partial charge in [-0.1, -0.05) is 48.5 Å². The third-order valence-corrected chi connectivity index (χ3v) is 5.31. The standard InChI is InChI=1S/C26H35N3O5/c1-17-12-13-20(14-18(17)2)22(23(31)27-15-19-10-8-7-9-11-19)29(6)24(32)21(16-30)28-25(33)34-26(3,4)5/h7-14,21-22,30H,15-16H2,1-6H3,(H,27,31)(H,28,33). The molecule has 0 saturated heterocycles. The van der Waals surface area contributed by atoms with Gasteiger partial charge < -0.3 is 25.4 Å². The highest BCUT2D eigenvalue weighted by molar-refractivity contribution is 5.92. The number of amides is 3. The monoisotopic (exact) mass is 469 g/mol. The lowest BCUT2D eigenvalue weighted by Gasteiger charge is -2.31. The first-order valence-electron chi connectivity index (χ1n) is 11.2. The van der Waals surface area contributed by atoms with Gasteiger partial charge in [0.1, 0.15) is 17.7 Å². The van der Waals surface area contributed by atoms with Crippen LogP contribution in [0.1, 0.15) is 49.1 Å². The number of benzene rings is 2. The summed E-state index contributed by atoms with van der Waals surface area (Å²) in [5, 5.41) is 15.1. The van der Waals surface area contributed by atoms with Gasteiger partial charge in [0.15, 0.2) is 0 Å². The number of nitrogens with one attached hydrogen (secondary N) is 2. The molecule has 0 bridgehead atoms. The van der Waals surface area contributed by atoms with Crippen molar-refractivity contribution in [2.24, 2.45) is 0 Å². The molecule has 0 aliphatic carbocycles. The number of carbonyl (C=O) groups excluding carboxylic acids is 3. The van der Waals surface area contributed by atoms with E-state index in [2.05, 4.69) is 10.6 Å². The zero-order chi connectivity index (χ0) is 25.5. The second kappa shape index (κ2) is 11.7. The second-order valence-corrected chi connectivity index (χ2v) is 9.28. The van der Waals surface area contributed by atoms with Crippen molar-refractivity contribution in [3.8, 4) is 0 Å². The van der Waals surface area contributed by atoms with E-state index in [-0.39, 0.29) is 5.91 Å². The SMILES string of the molecule is Cc1ccc(C(C(=O)NCc2ccccc2)N(C)C(=O)C(CO)NC(=O)OC(C)(C)C)cc1C. The van der Waals surface area contributed by atoms with Gasteiger partial charge in [0, 0.05) is 13.6 Å². The first-order chi connectivity index (χ1) is 15.9. The molecule has 0 fully saturated rings. The Morgan fingerprint density at radius 3 is 2.24 bits per heavy atom. The maximum Gasteiger partial charge on any atom is 0.408 e. The number of aliphatic hydroxyl groups is 1. The van der Waals surface area contributed by atoms with Gasteiger partial charge in [-0.25, -0.2) is 4.79 Å². The van der Waals surface area contributed by atoms with Crippen LogP contribution in [0.4, 0.5) is 4.79 Å². The lowest BCUT2D eigenvalue weighted by molar-refractivity contribution is -0.141. The Hall–Kier alpha value is -3.39. The normalized spacial score (nSPS) is 12.9. The van der Waals surface area contributed by atoms with Crippen LogP contribution in [0, 0.1) is 13.8 Å². The maximum absolute atomic E-state index is 13.3. The Bertz CT molecular complexity index is 1000. The molecule has 3 amide bonds. The number of hydrogen-bond acceptors (Lipinski definition) is 5. The number of alkyl carbamates (subject to hydrolysis) is 1. The molecular formula is C26H35N3O5. The molecule has 8 heteroatoms. The Morgan fingerprint density at radius 2 is 1.68 bits per heavy atom. The van der Waals surface area contributed by atoms with Crippen LogP contribution < -0.4 is 10.6 Å². The number of carbonyl (C=O) groups is 3. The van der Waals surface area contributed by atoms with Crippen molar-refractivity contribution in [1.29, 1.82) is 0 Å². The topological polar surface area (TPSA) is 108 Å². The van der Waals surface area contributed by atoms with Crippen molar-refractivity contribution >= 4 is 17.9 Å². The number of likely N-dealkylation sites (N-methyl/N-ethyl adjacent to an activating group) is 1. The van der Waals surface area contributed by atoms with Crippen LogP contribution in [-0.4, -0.2) is 53.2 Å². The van der Waals surface area contributed by atoms with Gasteiger partial charge in [-0.2, -0.15) is 0 Å². The molecule has 0 aromatic heterocycles. The predicted molar refractivity (Wildman–Crippen MR) is 130 cm³/mol. The highest BCUT2D eigenvalue weighted by Gasteiger charge is 2.34. The Balaban J connectivity index is 2.28. The number of aryl methyl sites for hydroxylation is 2. The number of aliphatic hydroxyl groups excluding tert-OH is 1. The fraction of sp³-hybridized carbons (Fsp3) is 0.423. The molecule has 0 aliphatic rings. The van der Waals surface area contributed by atoms with Gasteiger partial charge in [-0.15, -0.1) is 0 Å². The van der Waals surface area contributed by atoms with E-state index in [0.29, 0.717) is 12.1 Å². The third kappa shape index (κ3) is 7.59. The average molecular weight is 470 g/mol. The first-order valence-corrected chi connectivity index (χ1v) is 11.2. The summed E-state index contributed by atoms with van der Waals surface area (Å²) < 4.78 is 5.20. The first kappa shape index (κ1) is 26.9. The number of hydrogen-bond donors (Lipinski definition) is 3. The zero-order valence-electron chi connectivity index (χ0n) is 20.7. The number of rotatable bonds is 8. The molecular weight excluding hydrogens is 434 g/mol. The van der Waals surface area contributed by atoms with Crippen LogP contribution in [0.25, 0.3) is 0 Å². The van der Waals surface area contributed by atoms with E-state index in [1.165, 1.54) is 11.9 Å². The summed E-state index contributed by atoms with van der Waals surface area (Å²) in [5.74, 6) is -0.997. The summed E-state index contributed by atoms with van der Waals surface area (Å²) >= 11 is 0. The molecule has 184 valence electrons. The second-order valence-electron chi connectivity index (χ2n) is 9.28. The van der Waals surface area contributed by atoms with Crippen LogP contribution in [0.15, 0.2) is 48.5 Å². The van der Waals surface area contributed by atoms with E-state index in [1.54, 1.807) is 26.8 Å². The van der Waals surface area contributed by atoms with E-state index in [1.807, 2.05) is 56.3 Å². The van der Waals surface area contributed by atoms with E-state index >= 15 is 0 Å². The van der Waals surface area contributed by atoms with Gasteiger partial charge in [0.25, 0.3) is 0 Å². The molecule has 8 nitrogen and oxygen atoms in total. The summed E-state index contributed by atoms with van der Waals surface area (Å²) in [6.45, 7) is 8.63. The molecule has 0 saturated carbocycles. The predicted octanol–water partition coefficient (Wildman–Crippen LogP) is 3.00. The highest BCUT2D eigenvalue weighted by Crippen LogP contribution is 2.23. The smallest absolute Gasteiger partial charge is 0.408 e. The molecule has 3 N–H and O–H groups in total. The van der Waals surface area contributed by atoms with Gasteiger partial charge in [0.2, 0.25) is 11.8 Å². The van der Waals surface area contributed by atoms with Crippen LogP contribution in [0.5, 0.6) is 0 Å². The van der Waals surface area contributed by atoms with Crippen LogP contribution >= 0.6 is 0 Å². The summed E-state index contributed by atoms with van der Waals surface area (Å²) in [7, 11) is 1.48. The third-order valence-electron chi connectivity index (χ3n) is 5.31. The minimum Gasteiger partial charge on any atom is -0.444 e. The van der Waals surface area contributed by atoms with E-state index in [0.717, 1.165) is 16.7 Å². The Labute approximate surface area is 201 Å². The minimum absolute atomic E-state index is 0.294. The highest BCUT2D eigenvalue weighted by atomic mass is 16.6. The fourth-order valence-corrected chi connectivity index (χ4v) is 3.38. The van der Waals surface area contributed by atoms with Gasteiger partial charge in [-0.05, 0) is 56.9 Å². The van der Waals surface area contributed by atoms with Crippen molar-refractivity contribution in [2.75, 3.05) is 13.7 Å². The molecule has 2 atom stereocenters. The largest absolute Gasteiger partial charge is 0.444 e. The van der Waals surface area contributed by atoms with Gasteiger partial charge >= 0.3 is 6.09 Å². The molecule has 0 spiro atoms. The minimum atomic E-state index is -1.27. The van der Waals surface area contributed by atoms with Crippen molar-refractivity contribution in [3.05, 3.63) is 70.8 Å². The van der Waals surface area contributed by atoms with E-state index < -0.39 is 36.3 Å². The number of nitrogens with zero attached hydrogens (tertiary/aromatic N) is 1. The van der Waals surface area contributed by atoms with Crippen molar-refractivity contribution < 1.29 is 24.2 Å². The van der Waals surface area contributed by atoms with Crippen LogP contribution in [0.2, 0.25) is 0 Å². The quantitative estimate of drug-likeness (QED) is 0.551. The summed E-state index contributed by atoms with van der Waals surface area (Å²) in [5.41, 5.74) is 2.81. The molecule has 2 unspecified atom stereocenters. The van der Waals surface area contributed by atoms with Crippen molar-refractivity contribution in [2.45, 2.75) is 58.8 Å². The molecule has 34 heavy (non-hydrogen) atoms. The molecule has 0 radical (unpaired) electrons. The zero-order valence-corrected chi connectivity index (χ0v) is 20.7. The number of ether oxygens (including phenoxy) is 1. The molecule has 0 aliphatic heterocycles. The summed E-state index contributed by atoms with van der Waals surface area (Å²) in [6, 6.07) is 12.8. The van der Waals surface area contributed by atoms with Crippen molar-refractivity contribution in [3.63, 3.8) is 0 Å². The fourth-order valence-electron chi connectivity index (χ4n) is 3.38. The van der Waals surface area contributed by atoms with Gasteiger partial charge in [-0.3, -0.25) is 9.59 Å². The Kier molecular flexibility index (Phi) is 9.20. The lowest BCUT2D eigenvalue weighted by atomic mass is 9.99. The van der Waals surface area contributed by atoms with Crippen LogP contribution in [-0.2, 0) is 20.9 Å². The van der Waals surface area contributed by atoms with E-state index in [9.17, 15) is 19.5 Å². The lowest BCUT2D eigenvalue weighted by Crippen LogP contribution is -2.53. The summed E-state index contributed by atoms with van der Waals surface area (Å²) in [4.78, 5) is 40.0. The molecule has 2 aromatic rings. The Morgan fingerprint density at radius 1 is 1.03 bits per heavy atom. The summed E-state index contributed by atoms with van der Waals surface area (Å²) in [6.07, 6.45) is -0.829. The van der Waals surface area contributed by atoms with E-state index in [4.69, 9.17) is 4.74 Å². The maximum atomic E-state index is 13.3. The van der Waals surface area contributed by atoms with Gasteiger partial charge in [0.05, 0.1) is 6.61 Å².